The first-order valence-electron chi connectivity index (χ1n) is 8.11. The van der Waals surface area contributed by atoms with Crippen LogP contribution in [0.5, 0.6) is 0 Å². The van der Waals surface area contributed by atoms with E-state index in [-0.39, 0.29) is 5.91 Å². The molecule has 1 N–H and O–H groups in total. The average Bonchev–Trinajstić information content (AvgIpc) is 2.90. The Kier molecular flexibility index (Phi) is 4.27. The van der Waals surface area contributed by atoms with Crippen LogP contribution in [-0.2, 0) is 0 Å². The number of hydrogen-bond acceptors (Lipinski definition) is 3. The van der Waals surface area contributed by atoms with Gasteiger partial charge in [0.25, 0.3) is 5.91 Å². The van der Waals surface area contributed by atoms with E-state index >= 15 is 0 Å². The molecule has 1 fully saturated rings. The molecular formula is C18H23N3O. The molecule has 116 valence electrons. The number of nitrogens with one attached hydrogen (secondary N) is 1. The number of nitrogens with zero attached hydrogens (tertiary/aromatic N) is 2. The first-order chi connectivity index (χ1) is 10.7. The van der Waals surface area contributed by atoms with Gasteiger partial charge in [-0.2, -0.15) is 5.10 Å². The number of carbonyl (C=O) groups excluding carboxylic acids is 1. The van der Waals surface area contributed by atoms with Crippen molar-refractivity contribution in [3.8, 4) is 0 Å². The summed E-state index contributed by atoms with van der Waals surface area (Å²) in [6, 6.07) is 7.72. The van der Waals surface area contributed by atoms with E-state index in [0.717, 1.165) is 43.2 Å². The van der Waals surface area contributed by atoms with E-state index in [1.807, 2.05) is 24.3 Å². The minimum atomic E-state index is -0.135. The quantitative estimate of drug-likeness (QED) is 0.670. The van der Waals surface area contributed by atoms with Crippen LogP contribution in [0.15, 0.2) is 41.5 Å². The van der Waals surface area contributed by atoms with Crippen LogP contribution >= 0.6 is 0 Å². The van der Waals surface area contributed by atoms with Crippen molar-refractivity contribution >= 4 is 17.3 Å². The van der Waals surface area contributed by atoms with Crippen LogP contribution in [0.2, 0.25) is 0 Å². The summed E-state index contributed by atoms with van der Waals surface area (Å²) in [6.45, 7) is 6.19. The maximum Gasteiger partial charge on any atom is 0.271 e. The Balaban J connectivity index is 1.61. The lowest BCUT2D eigenvalue weighted by Gasteiger charge is -2.31. The van der Waals surface area contributed by atoms with Gasteiger partial charge in [0.05, 0.1) is 0 Å². The molecule has 1 amide bonds. The second kappa shape index (κ2) is 6.34. The van der Waals surface area contributed by atoms with E-state index in [4.69, 9.17) is 0 Å². The van der Waals surface area contributed by atoms with Gasteiger partial charge in [0.15, 0.2) is 0 Å². The highest BCUT2D eigenvalue weighted by atomic mass is 16.2. The van der Waals surface area contributed by atoms with Crippen molar-refractivity contribution in [3.05, 3.63) is 42.0 Å². The van der Waals surface area contributed by atoms with Crippen molar-refractivity contribution in [1.29, 1.82) is 0 Å². The van der Waals surface area contributed by atoms with Gasteiger partial charge >= 0.3 is 0 Å². The molecule has 0 aliphatic heterocycles. The van der Waals surface area contributed by atoms with E-state index < -0.39 is 0 Å². The van der Waals surface area contributed by atoms with Crippen LogP contribution in [-0.4, -0.2) is 24.7 Å². The number of benzene rings is 1. The molecule has 2 aliphatic rings. The van der Waals surface area contributed by atoms with Gasteiger partial charge in [-0.1, -0.05) is 12.2 Å². The van der Waals surface area contributed by atoms with E-state index in [2.05, 4.69) is 41.4 Å². The molecule has 1 aromatic rings. The number of hydrazone groups is 1. The number of rotatable bonds is 5. The van der Waals surface area contributed by atoms with Crippen LogP contribution < -0.4 is 10.3 Å². The van der Waals surface area contributed by atoms with Crippen molar-refractivity contribution in [2.24, 2.45) is 16.9 Å². The van der Waals surface area contributed by atoms with Gasteiger partial charge in [0.1, 0.15) is 0 Å². The molecule has 4 nitrogen and oxygen atoms in total. The first-order valence-corrected chi connectivity index (χ1v) is 8.11. The Labute approximate surface area is 131 Å². The SMILES string of the molecule is CCN(CC)c1ccc(C(=O)N/N=C2/CC3CC=CC23)cc1. The Hall–Kier alpha value is -2.10. The predicted octanol–water partition coefficient (Wildman–Crippen LogP) is 3.21. The normalized spacial score (nSPS) is 24.0. The van der Waals surface area contributed by atoms with Crippen molar-refractivity contribution in [3.63, 3.8) is 0 Å². The first kappa shape index (κ1) is 14.8. The topological polar surface area (TPSA) is 44.7 Å². The summed E-state index contributed by atoms with van der Waals surface area (Å²) in [5.74, 6) is 1.05. The van der Waals surface area contributed by atoms with E-state index in [1.165, 1.54) is 0 Å². The summed E-state index contributed by atoms with van der Waals surface area (Å²) in [4.78, 5) is 14.4. The lowest BCUT2D eigenvalue weighted by atomic mass is 9.74. The highest BCUT2D eigenvalue weighted by Crippen LogP contribution is 2.40. The van der Waals surface area contributed by atoms with Crippen LogP contribution in [0, 0.1) is 11.8 Å². The molecule has 0 spiro atoms. The highest BCUT2D eigenvalue weighted by Gasteiger charge is 2.37. The van der Waals surface area contributed by atoms with E-state index in [1.54, 1.807) is 0 Å². The number of anilines is 1. The molecular weight excluding hydrogens is 274 g/mol. The molecule has 1 aromatic carbocycles. The van der Waals surface area contributed by atoms with Crippen LogP contribution in [0.25, 0.3) is 0 Å². The van der Waals surface area contributed by atoms with Gasteiger partial charge < -0.3 is 4.90 Å². The van der Waals surface area contributed by atoms with Crippen LogP contribution in [0.4, 0.5) is 5.69 Å². The number of carbonyl (C=O) groups is 1. The van der Waals surface area contributed by atoms with Gasteiger partial charge in [-0.15, -0.1) is 0 Å². The van der Waals surface area contributed by atoms with Gasteiger partial charge in [-0.25, -0.2) is 5.43 Å². The third-order valence-electron chi connectivity index (χ3n) is 4.71. The molecule has 0 radical (unpaired) electrons. The number of hydrogen-bond donors (Lipinski definition) is 1. The van der Waals surface area contributed by atoms with Gasteiger partial charge in [-0.05, 0) is 56.9 Å². The Morgan fingerprint density at radius 3 is 2.64 bits per heavy atom. The number of amides is 1. The highest BCUT2D eigenvalue weighted by molar-refractivity contribution is 5.98. The second-order valence-corrected chi connectivity index (χ2v) is 5.92. The van der Waals surface area contributed by atoms with E-state index in [0.29, 0.717) is 11.5 Å². The fraction of sp³-hybridized carbons (Fsp3) is 0.444. The van der Waals surface area contributed by atoms with Crippen molar-refractivity contribution in [1.82, 2.24) is 5.43 Å². The zero-order valence-electron chi connectivity index (χ0n) is 13.2. The minimum absolute atomic E-state index is 0.135. The Morgan fingerprint density at radius 2 is 2.00 bits per heavy atom. The molecule has 0 bridgehead atoms. The number of allylic oxidation sites excluding steroid dienone is 2. The molecule has 0 aromatic heterocycles. The predicted molar refractivity (Wildman–Crippen MR) is 90.3 cm³/mol. The van der Waals surface area contributed by atoms with Crippen molar-refractivity contribution in [2.45, 2.75) is 26.7 Å². The summed E-state index contributed by atoms with van der Waals surface area (Å²) in [5.41, 5.74) is 5.59. The minimum Gasteiger partial charge on any atom is -0.372 e. The van der Waals surface area contributed by atoms with Crippen molar-refractivity contribution in [2.75, 3.05) is 18.0 Å². The van der Waals surface area contributed by atoms with Gasteiger partial charge in [-0.3, -0.25) is 4.79 Å². The van der Waals surface area contributed by atoms with Gasteiger partial charge in [0, 0.05) is 36.0 Å². The lowest BCUT2D eigenvalue weighted by molar-refractivity contribution is 0.0954. The molecule has 0 heterocycles. The van der Waals surface area contributed by atoms with E-state index in [9.17, 15) is 4.79 Å². The second-order valence-electron chi connectivity index (χ2n) is 5.92. The fourth-order valence-electron chi connectivity index (χ4n) is 3.26. The fourth-order valence-corrected chi connectivity index (χ4v) is 3.26. The van der Waals surface area contributed by atoms with Gasteiger partial charge in [0.2, 0.25) is 0 Å². The average molecular weight is 297 g/mol. The molecule has 4 heteroatoms. The molecule has 2 atom stereocenters. The molecule has 1 saturated carbocycles. The van der Waals surface area contributed by atoms with Crippen LogP contribution in [0.1, 0.15) is 37.0 Å². The van der Waals surface area contributed by atoms with Crippen LogP contribution in [0.3, 0.4) is 0 Å². The standard InChI is InChI=1S/C18H23N3O/c1-3-21(4-2)15-10-8-13(9-11-15)18(22)20-19-17-12-14-6-5-7-16(14)17/h5,7-11,14,16H,3-4,6,12H2,1-2H3,(H,20,22)/b19-17-. The summed E-state index contributed by atoms with van der Waals surface area (Å²) < 4.78 is 0. The monoisotopic (exact) mass is 297 g/mol. The maximum atomic E-state index is 12.2. The lowest BCUT2D eigenvalue weighted by Crippen LogP contribution is -2.35. The molecule has 2 unspecified atom stereocenters. The zero-order chi connectivity index (χ0) is 15.5. The van der Waals surface area contributed by atoms with Crippen molar-refractivity contribution < 1.29 is 4.79 Å². The Morgan fingerprint density at radius 1 is 1.27 bits per heavy atom. The molecule has 2 aliphatic carbocycles. The summed E-state index contributed by atoms with van der Waals surface area (Å²) >= 11 is 0. The third kappa shape index (κ3) is 2.78. The Bertz CT molecular complexity index is 599. The number of fused-ring (bicyclic) bond motifs is 1. The largest absolute Gasteiger partial charge is 0.372 e. The maximum absolute atomic E-state index is 12.2. The summed E-state index contributed by atoms with van der Waals surface area (Å²) in [7, 11) is 0. The summed E-state index contributed by atoms with van der Waals surface area (Å²) in [6.07, 6.45) is 6.59. The molecule has 0 saturated heterocycles. The zero-order valence-corrected chi connectivity index (χ0v) is 13.2. The smallest absolute Gasteiger partial charge is 0.271 e. The molecule has 3 rings (SSSR count). The third-order valence-corrected chi connectivity index (χ3v) is 4.71. The molecule has 22 heavy (non-hydrogen) atoms. The summed E-state index contributed by atoms with van der Waals surface area (Å²) in [5, 5.41) is 4.29.